The predicted octanol–water partition coefficient (Wildman–Crippen LogP) is 3.30. The van der Waals surface area contributed by atoms with Crippen LogP contribution >= 0.6 is 11.8 Å². The molecule has 0 aliphatic rings. The van der Waals surface area contributed by atoms with Crippen LogP contribution in [0.1, 0.15) is 16.7 Å². The Kier molecular flexibility index (Phi) is 7.54. The molecule has 0 atom stereocenters. The van der Waals surface area contributed by atoms with Crippen molar-refractivity contribution in [2.45, 2.75) is 25.2 Å². The van der Waals surface area contributed by atoms with Crippen molar-refractivity contribution in [2.24, 2.45) is 0 Å². The van der Waals surface area contributed by atoms with E-state index in [-0.39, 0.29) is 24.2 Å². The van der Waals surface area contributed by atoms with Gasteiger partial charge >= 0.3 is 5.97 Å². The summed E-state index contributed by atoms with van der Waals surface area (Å²) in [4.78, 5) is 24.6. The van der Waals surface area contributed by atoms with E-state index in [1.54, 1.807) is 0 Å². The van der Waals surface area contributed by atoms with Gasteiger partial charge in [-0.15, -0.1) is 11.8 Å². The van der Waals surface area contributed by atoms with Crippen LogP contribution in [0.5, 0.6) is 0 Å². The Bertz CT molecular complexity index is 716. The van der Waals surface area contributed by atoms with E-state index in [2.05, 4.69) is 5.32 Å². The van der Waals surface area contributed by atoms with Gasteiger partial charge in [-0.1, -0.05) is 48.0 Å². The van der Waals surface area contributed by atoms with E-state index < -0.39 is 0 Å². The second-order valence-electron chi connectivity index (χ2n) is 5.80. The van der Waals surface area contributed by atoms with Crippen LogP contribution in [0.2, 0.25) is 0 Å². The maximum Gasteiger partial charge on any atom is 0.316 e. The number of benzene rings is 2. The van der Waals surface area contributed by atoms with Crippen LogP contribution in [-0.4, -0.2) is 30.8 Å². The standard InChI is InChI=1S/C20H23NO3S/c1-15-8-9-16(2)18(12-15)25-14-20(23)24-13-19(22)21-11-10-17-6-4-3-5-7-17/h3-9,12H,10-11,13-14H2,1-2H3,(H,21,22). The fourth-order valence-electron chi connectivity index (χ4n) is 2.23. The van der Waals surface area contributed by atoms with Crippen LogP contribution < -0.4 is 5.32 Å². The highest BCUT2D eigenvalue weighted by Crippen LogP contribution is 2.23. The third-order valence-electron chi connectivity index (χ3n) is 3.63. The van der Waals surface area contributed by atoms with Gasteiger partial charge in [0.15, 0.2) is 6.61 Å². The molecule has 0 unspecified atom stereocenters. The van der Waals surface area contributed by atoms with Crippen LogP contribution in [0.15, 0.2) is 53.4 Å². The Hall–Kier alpha value is -2.27. The van der Waals surface area contributed by atoms with Crippen molar-refractivity contribution in [2.75, 3.05) is 18.9 Å². The monoisotopic (exact) mass is 357 g/mol. The molecule has 0 aliphatic carbocycles. The molecule has 1 N–H and O–H groups in total. The molecule has 0 heterocycles. The lowest BCUT2D eigenvalue weighted by atomic mass is 10.1. The third-order valence-corrected chi connectivity index (χ3v) is 4.76. The summed E-state index contributed by atoms with van der Waals surface area (Å²) in [5.74, 6) is -0.466. The molecule has 4 nitrogen and oxygen atoms in total. The Morgan fingerprint density at radius 2 is 1.84 bits per heavy atom. The molecule has 132 valence electrons. The van der Waals surface area contributed by atoms with Crippen molar-refractivity contribution in [3.63, 3.8) is 0 Å². The zero-order valence-corrected chi connectivity index (χ0v) is 15.4. The number of carbonyl (C=O) groups is 2. The molecule has 0 bridgehead atoms. The summed E-state index contributed by atoms with van der Waals surface area (Å²) in [6, 6.07) is 16.0. The number of aryl methyl sites for hydroxylation is 2. The number of amides is 1. The molecule has 0 radical (unpaired) electrons. The Morgan fingerprint density at radius 3 is 2.60 bits per heavy atom. The maximum absolute atomic E-state index is 11.8. The summed E-state index contributed by atoms with van der Waals surface area (Å²) in [7, 11) is 0. The predicted molar refractivity (Wildman–Crippen MR) is 101 cm³/mol. The molecule has 0 saturated carbocycles. The molecule has 2 aromatic rings. The zero-order valence-electron chi connectivity index (χ0n) is 14.6. The van der Waals surface area contributed by atoms with Gasteiger partial charge in [-0.3, -0.25) is 9.59 Å². The first kappa shape index (κ1) is 19.1. The summed E-state index contributed by atoms with van der Waals surface area (Å²) in [5.41, 5.74) is 3.44. The minimum absolute atomic E-state index is 0.196. The van der Waals surface area contributed by atoms with Crippen molar-refractivity contribution in [3.8, 4) is 0 Å². The molecule has 0 spiro atoms. The van der Waals surface area contributed by atoms with Crippen LogP contribution in [-0.2, 0) is 20.7 Å². The lowest BCUT2D eigenvalue weighted by molar-refractivity contribution is -0.145. The summed E-state index contributed by atoms with van der Waals surface area (Å²) < 4.78 is 5.03. The lowest BCUT2D eigenvalue weighted by Gasteiger charge is -2.08. The van der Waals surface area contributed by atoms with Gasteiger partial charge in [-0.05, 0) is 37.5 Å². The van der Waals surface area contributed by atoms with Crippen molar-refractivity contribution in [1.82, 2.24) is 5.32 Å². The lowest BCUT2D eigenvalue weighted by Crippen LogP contribution is -2.30. The van der Waals surface area contributed by atoms with Gasteiger partial charge < -0.3 is 10.1 Å². The quantitative estimate of drug-likeness (QED) is 0.582. The summed E-state index contributed by atoms with van der Waals surface area (Å²) in [6.45, 7) is 4.31. The van der Waals surface area contributed by atoms with Gasteiger partial charge in [0.25, 0.3) is 5.91 Å². The molecule has 2 aromatic carbocycles. The van der Waals surface area contributed by atoms with Gasteiger partial charge in [0, 0.05) is 11.4 Å². The second-order valence-corrected chi connectivity index (χ2v) is 6.82. The zero-order chi connectivity index (χ0) is 18.1. The topological polar surface area (TPSA) is 55.4 Å². The average Bonchev–Trinajstić information content (AvgIpc) is 2.61. The Morgan fingerprint density at radius 1 is 1.08 bits per heavy atom. The largest absolute Gasteiger partial charge is 0.455 e. The highest BCUT2D eigenvalue weighted by atomic mass is 32.2. The maximum atomic E-state index is 11.8. The summed E-state index contributed by atoms with van der Waals surface area (Å²) in [5, 5.41) is 2.75. The SMILES string of the molecule is Cc1ccc(C)c(SCC(=O)OCC(=O)NCCc2ccccc2)c1. The average molecular weight is 357 g/mol. The number of hydrogen-bond donors (Lipinski definition) is 1. The number of nitrogens with one attached hydrogen (secondary N) is 1. The molecular weight excluding hydrogens is 334 g/mol. The first-order valence-electron chi connectivity index (χ1n) is 8.21. The Balaban J connectivity index is 1.64. The number of esters is 1. The molecule has 5 heteroatoms. The van der Waals surface area contributed by atoms with Crippen LogP contribution in [0.3, 0.4) is 0 Å². The number of carbonyl (C=O) groups excluding carboxylic acids is 2. The molecule has 2 rings (SSSR count). The number of hydrogen-bond acceptors (Lipinski definition) is 4. The van der Waals surface area contributed by atoms with Gasteiger partial charge in [0.05, 0.1) is 5.75 Å². The smallest absolute Gasteiger partial charge is 0.316 e. The summed E-state index contributed by atoms with van der Waals surface area (Å²) in [6.07, 6.45) is 0.753. The number of rotatable bonds is 8. The number of thioether (sulfide) groups is 1. The first-order valence-corrected chi connectivity index (χ1v) is 9.19. The highest BCUT2D eigenvalue weighted by Gasteiger charge is 2.09. The Labute approximate surface area is 153 Å². The van der Waals surface area contributed by atoms with E-state index in [9.17, 15) is 9.59 Å². The molecule has 0 saturated heterocycles. The van der Waals surface area contributed by atoms with Crippen molar-refractivity contribution in [3.05, 3.63) is 65.2 Å². The van der Waals surface area contributed by atoms with Crippen LogP contribution in [0.25, 0.3) is 0 Å². The second kappa shape index (κ2) is 9.89. The van der Waals surface area contributed by atoms with Gasteiger partial charge in [0.1, 0.15) is 0 Å². The minimum Gasteiger partial charge on any atom is -0.455 e. The molecule has 0 aliphatic heterocycles. The van der Waals surface area contributed by atoms with Crippen molar-refractivity contribution in [1.29, 1.82) is 0 Å². The van der Waals surface area contributed by atoms with Gasteiger partial charge in [-0.25, -0.2) is 0 Å². The van der Waals surface area contributed by atoms with E-state index in [4.69, 9.17) is 4.74 Å². The molecular formula is C20H23NO3S. The van der Waals surface area contributed by atoms with Crippen LogP contribution in [0, 0.1) is 13.8 Å². The van der Waals surface area contributed by atoms with Crippen LogP contribution in [0.4, 0.5) is 0 Å². The van der Waals surface area contributed by atoms with E-state index in [0.717, 1.165) is 28.0 Å². The molecule has 25 heavy (non-hydrogen) atoms. The fraction of sp³-hybridized carbons (Fsp3) is 0.300. The highest BCUT2D eigenvalue weighted by molar-refractivity contribution is 8.00. The van der Waals surface area contributed by atoms with Crippen molar-refractivity contribution >= 4 is 23.6 Å². The van der Waals surface area contributed by atoms with Gasteiger partial charge in [-0.2, -0.15) is 0 Å². The number of ether oxygens (including phenoxy) is 1. The van der Waals surface area contributed by atoms with E-state index in [1.165, 1.54) is 11.8 Å². The van der Waals surface area contributed by atoms with E-state index >= 15 is 0 Å². The molecule has 1 amide bonds. The fourth-order valence-corrected chi connectivity index (χ4v) is 3.15. The third kappa shape index (κ3) is 7.01. The van der Waals surface area contributed by atoms with Gasteiger partial charge in [0.2, 0.25) is 0 Å². The first-order chi connectivity index (χ1) is 12.0. The van der Waals surface area contributed by atoms with E-state index in [1.807, 2.05) is 62.4 Å². The molecule has 0 aromatic heterocycles. The minimum atomic E-state index is -0.385. The van der Waals surface area contributed by atoms with E-state index in [0.29, 0.717) is 6.54 Å². The molecule has 0 fully saturated rings. The normalized spacial score (nSPS) is 10.3. The van der Waals surface area contributed by atoms with Crippen molar-refractivity contribution < 1.29 is 14.3 Å². The summed E-state index contributed by atoms with van der Waals surface area (Å²) >= 11 is 1.43.